The van der Waals surface area contributed by atoms with Crippen LogP contribution in [0.3, 0.4) is 0 Å². The molecule has 3 heterocycles. The zero-order valence-electron chi connectivity index (χ0n) is 40.2. The quantitative estimate of drug-likeness (QED) is 0.0730. The van der Waals surface area contributed by atoms with Crippen molar-refractivity contribution in [3.05, 3.63) is 11.6 Å². The van der Waals surface area contributed by atoms with Gasteiger partial charge >= 0.3 is 0 Å². The molecule has 0 bridgehead atoms. The van der Waals surface area contributed by atoms with Crippen molar-refractivity contribution < 1.29 is 94.8 Å². The van der Waals surface area contributed by atoms with Crippen LogP contribution in [0, 0.1) is 45.3 Å². The van der Waals surface area contributed by atoms with E-state index in [0.717, 1.165) is 24.8 Å². The third-order valence-corrected chi connectivity index (χ3v) is 19.0. The molecule has 7 fully saturated rings. The molecule has 3 saturated heterocycles. The van der Waals surface area contributed by atoms with E-state index in [4.69, 9.17) is 28.4 Å². The van der Waals surface area contributed by atoms with Crippen molar-refractivity contribution in [1.29, 1.82) is 0 Å². The van der Waals surface area contributed by atoms with Gasteiger partial charge in [-0.1, -0.05) is 46.3 Å². The summed E-state index contributed by atoms with van der Waals surface area (Å²) in [6, 6.07) is 0. The van der Waals surface area contributed by atoms with Crippen LogP contribution in [0.2, 0.25) is 0 Å². The minimum Gasteiger partial charge on any atom is -0.394 e. The monoisotopic (exact) mass is 963 g/mol. The lowest BCUT2D eigenvalue weighted by molar-refractivity contribution is -0.378. The molecule has 0 radical (unpaired) electrons. The fourth-order valence-corrected chi connectivity index (χ4v) is 14.9. The zero-order valence-corrected chi connectivity index (χ0v) is 40.2. The first-order chi connectivity index (χ1) is 31.4. The maximum atomic E-state index is 12.7. The number of hydrogen-bond acceptors (Lipinski definition) is 19. The topological polar surface area (TPSA) is 318 Å². The van der Waals surface area contributed by atoms with Crippen LogP contribution in [0.4, 0.5) is 0 Å². The average Bonchev–Trinajstić information content (AvgIpc) is 3.68. The Balaban J connectivity index is 1.13. The minimum absolute atomic E-state index is 0.0697. The van der Waals surface area contributed by atoms with Gasteiger partial charge in [-0.15, -0.1) is 0 Å². The SMILES string of the molecule is C/C(=C\CCC(C)(OC1OC(CO)C(O)C(O)C1O)C1CCC2(C)C1C(O)CC1C3(C)CCC(OC4OC(CO)C(O)C(O)C4OC4OC(CO)C(O)C(O)C4O)C(C)(C)C3CCC12C)CO. The van der Waals surface area contributed by atoms with Crippen molar-refractivity contribution in [1.82, 2.24) is 0 Å². The van der Waals surface area contributed by atoms with Gasteiger partial charge in [-0.3, -0.25) is 0 Å². The van der Waals surface area contributed by atoms with E-state index in [1.54, 1.807) is 0 Å². The van der Waals surface area contributed by atoms with E-state index in [-0.39, 0.29) is 46.5 Å². The van der Waals surface area contributed by atoms with Gasteiger partial charge in [0.25, 0.3) is 0 Å². The van der Waals surface area contributed by atoms with Crippen molar-refractivity contribution in [3.8, 4) is 0 Å². The maximum absolute atomic E-state index is 12.7. The fraction of sp³-hybridized carbons (Fsp3) is 0.958. The number of aliphatic hydroxyl groups excluding tert-OH is 13. The normalized spacial score (nSPS) is 52.2. The van der Waals surface area contributed by atoms with Gasteiger partial charge in [0.2, 0.25) is 0 Å². The summed E-state index contributed by atoms with van der Waals surface area (Å²) < 4.78 is 37.1. The second-order valence-electron chi connectivity index (χ2n) is 22.8. The van der Waals surface area contributed by atoms with Crippen LogP contribution in [0.15, 0.2) is 11.6 Å². The lowest BCUT2D eigenvalue weighted by Crippen LogP contribution is -2.68. The minimum atomic E-state index is -1.80. The number of ether oxygens (including phenoxy) is 6. The molecule has 0 aromatic heterocycles. The van der Waals surface area contributed by atoms with Crippen LogP contribution in [-0.2, 0) is 28.4 Å². The van der Waals surface area contributed by atoms with Crippen LogP contribution in [0.5, 0.6) is 0 Å². The molecule has 0 aromatic rings. The van der Waals surface area contributed by atoms with Crippen LogP contribution in [0.25, 0.3) is 0 Å². The highest BCUT2D eigenvalue weighted by molar-refractivity contribution is 5.20. The maximum Gasteiger partial charge on any atom is 0.187 e. The molecular formula is C48H82O19. The summed E-state index contributed by atoms with van der Waals surface area (Å²) >= 11 is 0. The molecule has 25 atom stereocenters. The third kappa shape index (κ3) is 9.13. The van der Waals surface area contributed by atoms with Gasteiger partial charge < -0.3 is 94.8 Å². The standard InChI is InChI=1S/C48H82O19/c1-22(18-49)9-8-13-48(7,67-42-39(61)36(58)33(55)26(20-51)63-42)23-10-15-47(6)31(23)24(53)17-29-45(4)14-12-30(44(2,3)28(45)11-16-46(29,47)5)65-43-40(37(59)34(56)27(21-52)64-43)66-41-38(60)35(57)32(54)25(19-50)62-41/h9,23-43,49-61H,8,10-21H2,1-7H3/b22-9+. The first-order valence-electron chi connectivity index (χ1n) is 24.6. The van der Waals surface area contributed by atoms with Crippen molar-refractivity contribution >= 4 is 0 Å². The molecule has 7 rings (SSSR count). The number of allylic oxidation sites excluding steroid dienone is 1. The molecule has 4 aliphatic carbocycles. The molecule has 0 spiro atoms. The van der Waals surface area contributed by atoms with E-state index >= 15 is 0 Å². The third-order valence-electron chi connectivity index (χ3n) is 19.0. The smallest absolute Gasteiger partial charge is 0.187 e. The molecule has 13 N–H and O–H groups in total. The average molecular weight is 963 g/mol. The Morgan fingerprint density at radius 1 is 0.612 bits per heavy atom. The summed E-state index contributed by atoms with van der Waals surface area (Å²) in [6.07, 6.45) is -16.4. The van der Waals surface area contributed by atoms with E-state index in [9.17, 15) is 66.4 Å². The lowest BCUT2D eigenvalue weighted by atomic mass is 9.35. The largest absolute Gasteiger partial charge is 0.394 e. The fourth-order valence-electron chi connectivity index (χ4n) is 14.9. The zero-order chi connectivity index (χ0) is 49.3. The van der Waals surface area contributed by atoms with Gasteiger partial charge in [-0.05, 0) is 117 Å². The number of hydrogen-bond donors (Lipinski definition) is 13. The Morgan fingerprint density at radius 2 is 1.15 bits per heavy atom. The predicted octanol–water partition coefficient (Wildman–Crippen LogP) is -1.05. The van der Waals surface area contributed by atoms with Crippen molar-refractivity contribution in [2.45, 2.75) is 216 Å². The van der Waals surface area contributed by atoms with E-state index in [2.05, 4.69) is 34.6 Å². The lowest BCUT2D eigenvalue weighted by Gasteiger charge is -2.71. The van der Waals surface area contributed by atoms with E-state index in [1.807, 2.05) is 19.9 Å². The predicted molar refractivity (Wildman–Crippen MR) is 235 cm³/mol. The molecule has 19 nitrogen and oxygen atoms in total. The molecule has 4 saturated carbocycles. The van der Waals surface area contributed by atoms with Crippen LogP contribution >= 0.6 is 0 Å². The molecule has 67 heavy (non-hydrogen) atoms. The summed E-state index contributed by atoms with van der Waals surface area (Å²) in [7, 11) is 0. The number of aliphatic hydroxyl groups is 13. The Hall–Kier alpha value is -1.02. The van der Waals surface area contributed by atoms with Crippen LogP contribution in [-0.4, -0.2) is 203 Å². The summed E-state index contributed by atoms with van der Waals surface area (Å²) in [5.41, 5.74) is -1.68. The summed E-state index contributed by atoms with van der Waals surface area (Å²) in [6.45, 7) is 13.0. The van der Waals surface area contributed by atoms with E-state index in [0.29, 0.717) is 38.5 Å². The van der Waals surface area contributed by atoms with Gasteiger partial charge in [-0.25, -0.2) is 0 Å². The summed E-state index contributed by atoms with van der Waals surface area (Å²) in [5.74, 6) is -0.313. The van der Waals surface area contributed by atoms with Gasteiger partial charge in [0.05, 0.1) is 44.2 Å². The number of fused-ring (bicyclic) bond motifs is 5. The molecule has 25 unspecified atom stereocenters. The van der Waals surface area contributed by atoms with E-state index in [1.165, 1.54) is 0 Å². The van der Waals surface area contributed by atoms with Crippen molar-refractivity contribution in [2.24, 2.45) is 45.3 Å². The van der Waals surface area contributed by atoms with Gasteiger partial charge in [-0.2, -0.15) is 0 Å². The molecule has 388 valence electrons. The highest BCUT2D eigenvalue weighted by Crippen LogP contribution is 2.76. The highest BCUT2D eigenvalue weighted by atomic mass is 16.8. The second-order valence-corrected chi connectivity index (χ2v) is 22.8. The molecule has 0 aromatic carbocycles. The molecule has 7 aliphatic rings. The van der Waals surface area contributed by atoms with Gasteiger partial charge in [0, 0.05) is 0 Å². The molecule has 0 amide bonds. The number of rotatable bonds is 14. The van der Waals surface area contributed by atoms with Crippen LogP contribution < -0.4 is 0 Å². The second kappa shape index (κ2) is 20.1. The Morgan fingerprint density at radius 3 is 1.73 bits per heavy atom. The Bertz CT molecular complexity index is 1700. The summed E-state index contributed by atoms with van der Waals surface area (Å²) in [4.78, 5) is 0. The van der Waals surface area contributed by atoms with Crippen LogP contribution in [0.1, 0.15) is 106 Å². The molecular weight excluding hydrogens is 881 g/mol. The molecule has 3 aliphatic heterocycles. The Kier molecular flexibility index (Phi) is 16.1. The van der Waals surface area contributed by atoms with Gasteiger partial charge in [0.1, 0.15) is 73.2 Å². The highest BCUT2D eigenvalue weighted by Gasteiger charge is 2.72. The molecule has 19 heteroatoms. The van der Waals surface area contributed by atoms with E-state index < -0.39 is 135 Å². The summed E-state index contributed by atoms with van der Waals surface area (Å²) in [5, 5.41) is 139. The van der Waals surface area contributed by atoms with Crippen molar-refractivity contribution in [3.63, 3.8) is 0 Å². The first kappa shape index (κ1) is 53.8. The Labute approximate surface area is 393 Å². The van der Waals surface area contributed by atoms with Crippen molar-refractivity contribution in [2.75, 3.05) is 26.4 Å². The first-order valence-corrected chi connectivity index (χ1v) is 24.6. The van der Waals surface area contributed by atoms with Gasteiger partial charge in [0.15, 0.2) is 18.9 Å².